The molecular formula is C16H16F3NO2. The second-order valence-electron chi connectivity index (χ2n) is 5.62. The van der Waals surface area contributed by atoms with Gasteiger partial charge in [-0.1, -0.05) is 6.42 Å². The quantitative estimate of drug-likeness (QED) is 0.900. The molecule has 6 heteroatoms. The molecule has 1 aliphatic rings. The Balaban J connectivity index is 2.08. The predicted molar refractivity (Wildman–Crippen MR) is 77.1 cm³/mol. The SMILES string of the molecule is O=c1[nH]ccc2cc(OC3CCCCC3)c(C(F)(F)F)cc12. The first-order chi connectivity index (χ1) is 10.4. The van der Waals surface area contributed by atoms with Crippen LogP contribution in [0.4, 0.5) is 13.2 Å². The summed E-state index contributed by atoms with van der Waals surface area (Å²) in [5.41, 5.74) is -1.42. The molecule has 0 atom stereocenters. The Hall–Kier alpha value is -1.98. The van der Waals surface area contributed by atoms with E-state index in [0.717, 1.165) is 38.2 Å². The summed E-state index contributed by atoms with van der Waals surface area (Å²) in [6, 6.07) is 3.78. The summed E-state index contributed by atoms with van der Waals surface area (Å²) in [4.78, 5) is 14.1. The van der Waals surface area contributed by atoms with Crippen LogP contribution in [0, 0.1) is 0 Å². The van der Waals surface area contributed by atoms with Crippen LogP contribution in [-0.4, -0.2) is 11.1 Å². The smallest absolute Gasteiger partial charge is 0.419 e. The molecule has 1 fully saturated rings. The number of aromatic amines is 1. The van der Waals surface area contributed by atoms with Crippen molar-refractivity contribution in [2.24, 2.45) is 0 Å². The largest absolute Gasteiger partial charge is 0.490 e. The second-order valence-corrected chi connectivity index (χ2v) is 5.62. The average molecular weight is 311 g/mol. The van der Waals surface area contributed by atoms with Crippen LogP contribution < -0.4 is 10.3 Å². The number of alkyl halides is 3. The Labute approximate surface area is 125 Å². The van der Waals surface area contributed by atoms with Crippen LogP contribution in [0.3, 0.4) is 0 Å². The third kappa shape index (κ3) is 2.96. The molecule has 1 saturated carbocycles. The number of H-pyrrole nitrogens is 1. The number of hydrogen-bond donors (Lipinski definition) is 1. The van der Waals surface area contributed by atoms with Gasteiger partial charge in [0.05, 0.1) is 11.7 Å². The van der Waals surface area contributed by atoms with E-state index in [2.05, 4.69) is 4.98 Å². The van der Waals surface area contributed by atoms with Crippen molar-refractivity contribution in [2.75, 3.05) is 0 Å². The lowest BCUT2D eigenvalue weighted by Gasteiger charge is -2.25. The van der Waals surface area contributed by atoms with Gasteiger partial charge in [-0.15, -0.1) is 0 Å². The Bertz CT molecular complexity index is 730. The molecule has 0 bridgehead atoms. The molecule has 0 unspecified atom stereocenters. The molecule has 0 amide bonds. The fourth-order valence-corrected chi connectivity index (χ4v) is 2.90. The first-order valence-electron chi connectivity index (χ1n) is 7.34. The molecule has 1 aliphatic carbocycles. The number of nitrogens with one attached hydrogen (secondary N) is 1. The van der Waals surface area contributed by atoms with Crippen molar-refractivity contribution in [2.45, 2.75) is 44.4 Å². The van der Waals surface area contributed by atoms with Crippen molar-refractivity contribution in [1.82, 2.24) is 4.98 Å². The minimum Gasteiger partial charge on any atom is -0.490 e. The number of hydrogen-bond acceptors (Lipinski definition) is 2. The third-order valence-electron chi connectivity index (χ3n) is 4.02. The maximum atomic E-state index is 13.3. The molecule has 22 heavy (non-hydrogen) atoms. The van der Waals surface area contributed by atoms with E-state index in [1.54, 1.807) is 6.07 Å². The molecule has 0 spiro atoms. The minimum absolute atomic E-state index is 0.0193. The highest BCUT2D eigenvalue weighted by Gasteiger charge is 2.35. The number of benzene rings is 1. The number of aromatic nitrogens is 1. The summed E-state index contributed by atoms with van der Waals surface area (Å²) in [5, 5.41) is 0.466. The average Bonchev–Trinajstić information content (AvgIpc) is 2.47. The van der Waals surface area contributed by atoms with E-state index in [1.165, 1.54) is 12.3 Å². The zero-order chi connectivity index (χ0) is 15.7. The van der Waals surface area contributed by atoms with Crippen LogP contribution in [0.15, 0.2) is 29.2 Å². The molecule has 1 heterocycles. The van der Waals surface area contributed by atoms with Gasteiger partial charge in [0.25, 0.3) is 5.56 Å². The van der Waals surface area contributed by atoms with E-state index in [9.17, 15) is 18.0 Å². The van der Waals surface area contributed by atoms with E-state index in [0.29, 0.717) is 5.39 Å². The van der Waals surface area contributed by atoms with Gasteiger partial charge in [-0.2, -0.15) is 13.2 Å². The number of ether oxygens (including phenoxy) is 1. The van der Waals surface area contributed by atoms with Gasteiger partial charge in [0, 0.05) is 11.6 Å². The highest BCUT2D eigenvalue weighted by Crippen LogP contribution is 2.39. The van der Waals surface area contributed by atoms with Gasteiger partial charge in [0.2, 0.25) is 0 Å². The lowest BCUT2D eigenvalue weighted by atomic mass is 9.97. The van der Waals surface area contributed by atoms with Gasteiger partial charge >= 0.3 is 6.18 Å². The molecule has 0 radical (unpaired) electrons. The normalized spacial score (nSPS) is 16.9. The molecule has 2 aromatic rings. The number of fused-ring (bicyclic) bond motifs is 1. The van der Waals surface area contributed by atoms with Crippen LogP contribution in [0.1, 0.15) is 37.7 Å². The minimum atomic E-state index is -4.56. The van der Waals surface area contributed by atoms with Crippen molar-refractivity contribution in [3.05, 3.63) is 40.3 Å². The number of halogens is 3. The Kier molecular flexibility index (Phi) is 3.85. The molecule has 3 rings (SSSR count). The van der Waals surface area contributed by atoms with E-state index in [-0.39, 0.29) is 17.2 Å². The molecule has 118 valence electrons. The van der Waals surface area contributed by atoms with Crippen molar-refractivity contribution in [3.63, 3.8) is 0 Å². The van der Waals surface area contributed by atoms with Crippen LogP contribution >= 0.6 is 0 Å². The van der Waals surface area contributed by atoms with Gasteiger partial charge in [-0.25, -0.2) is 0 Å². The highest BCUT2D eigenvalue weighted by molar-refractivity contribution is 5.84. The zero-order valence-corrected chi connectivity index (χ0v) is 11.9. The lowest BCUT2D eigenvalue weighted by Crippen LogP contribution is -2.22. The van der Waals surface area contributed by atoms with E-state index < -0.39 is 17.3 Å². The van der Waals surface area contributed by atoms with Crippen LogP contribution in [-0.2, 0) is 6.18 Å². The first-order valence-corrected chi connectivity index (χ1v) is 7.34. The topological polar surface area (TPSA) is 42.1 Å². The van der Waals surface area contributed by atoms with Crippen molar-refractivity contribution >= 4 is 10.8 Å². The van der Waals surface area contributed by atoms with Gasteiger partial charge in [-0.3, -0.25) is 4.79 Å². The zero-order valence-electron chi connectivity index (χ0n) is 11.9. The van der Waals surface area contributed by atoms with Crippen LogP contribution in [0.5, 0.6) is 5.75 Å². The van der Waals surface area contributed by atoms with Gasteiger partial charge in [-0.05, 0) is 49.3 Å². The van der Waals surface area contributed by atoms with Crippen molar-refractivity contribution in [1.29, 1.82) is 0 Å². The maximum absolute atomic E-state index is 13.3. The molecular weight excluding hydrogens is 295 g/mol. The summed E-state index contributed by atoms with van der Waals surface area (Å²) in [5.74, 6) is -0.183. The summed E-state index contributed by atoms with van der Waals surface area (Å²) in [7, 11) is 0. The summed E-state index contributed by atoms with van der Waals surface area (Å²) in [6.07, 6.45) is 1.25. The van der Waals surface area contributed by atoms with Gasteiger partial charge in [0.1, 0.15) is 5.75 Å². The van der Waals surface area contributed by atoms with Crippen LogP contribution in [0.25, 0.3) is 10.8 Å². The van der Waals surface area contributed by atoms with Gasteiger partial charge < -0.3 is 9.72 Å². The Morgan fingerprint density at radius 2 is 1.86 bits per heavy atom. The van der Waals surface area contributed by atoms with Gasteiger partial charge in [0.15, 0.2) is 0 Å². The monoisotopic (exact) mass is 311 g/mol. The molecule has 0 saturated heterocycles. The number of pyridine rings is 1. The molecule has 1 N–H and O–H groups in total. The van der Waals surface area contributed by atoms with Crippen molar-refractivity contribution in [3.8, 4) is 5.75 Å². The first kappa shape index (κ1) is 14.9. The Morgan fingerprint density at radius 3 is 2.55 bits per heavy atom. The highest BCUT2D eigenvalue weighted by atomic mass is 19.4. The third-order valence-corrected chi connectivity index (χ3v) is 4.02. The molecule has 1 aromatic carbocycles. The summed E-state index contributed by atoms with van der Waals surface area (Å²) >= 11 is 0. The van der Waals surface area contributed by atoms with Crippen molar-refractivity contribution < 1.29 is 17.9 Å². The van der Waals surface area contributed by atoms with E-state index in [1.807, 2.05) is 0 Å². The summed E-state index contributed by atoms with van der Waals surface area (Å²) in [6.45, 7) is 0. The predicted octanol–water partition coefficient (Wildman–Crippen LogP) is 4.26. The van der Waals surface area contributed by atoms with E-state index in [4.69, 9.17) is 4.74 Å². The van der Waals surface area contributed by atoms with E-state index >= 15 is 0 Å². The molecule has 3 nitrogen and oxygen atoms in total. The lowest BCUT2D eigenvalue weighted by molar-refractivity contribution is -0.139. The number of rotatable bonds is 2. The fraction of sp³-hybridized carbons (Fsp3) is 0.438. The Morgan fingerprint density at radius 1 is 1.14 bits per heavy atom. The van der Waals surface area contributed by atoms with Crippen LogP contribution in [0.2, 0.25) is 0 Å². The standard InChI is InChI=1S/C16H16F3NO2/c17-16(18,19)13-9-12-10(6-7-20-15(12)21)8-14(13)22-11-4-2-1-3-5-11/h6-9,11H,1-5H2,(H,20,21). The fourth-order valence-electron chi connectivity index (χ4n) is 2.90. The molecule has 1 aromatic heterocycles. The maximum Gasteiger partial charge on any atom is 0.419 e. The molecule has 0 aliphatic heterocycles. The summed E-state index contributed by atoms with van der Waals surface area (Å²) < 4.78 is 45.4. The second kappa shape index (κ2) is 5.66.